The lowest BCUT2D eigenvalue weighted by atomic mass is 9.74. The highest BCUT2D eigenvalue weighted by Crippen LogP contribution is 2.41. The predicted molar refractivity (Wildman–Crippen MR) is 101 cm³/mol. The Kier molecular flexibility index (Phi) is 6.68. The number of halogens is 2. The maximum absolute atomic E-state index is 14.3. The van der Waals surface area contributed by atoms with Crippen LogP contribution in [-0.4, -0.2) is 0 Å². The zero-order valence-electron chi connectivity index (χ0n) is 15.9. The molecule has 142 valence electrons. The summed E-state index contributed by atoms with van der Waals surface area (Å²) in [6, 6.07) is 4.75. The molecule has 0 atom stereocenters. The topological polar surface area (TPSA) is 23.8 Å². The van der Waals surface area contributed by atoms with Crippen LogP contribution in [0.25, 0.3) is 0 Å². The Bertz CT molecular complexity index is 632. The molecule has 0 unspecified atom stereocenters. The zero-order valence-corrected chi connectivity index (χ0v) is 15.9. The van der Waals surface area contributed by atoms with Crippen molar-refractivity contribution in [1.29, 1.82) is 5.26 Å². The monoisotopic (exact) mass is 359 g/mol. The maximum Gasteiger partial charge on any atom is 0.176 e. The van der Waals surface area contributed by atoms with Crippen molar-refractivity contribution in [3.8, 4) is 6.07 Å². The summed E-state index contributed by atoms with van der Waals surface area (Å²) in [6.45, 7) is 2.31. The van der Waals surface area contributed by atoms with Crippen LogP contribution in [-0.2, 0) is 0 Å². The van der Waals surface area contributed by atoms with E-state index in [-0.39, 0.29) is 11.5 Å². The van der Waals surface area contributed by atoms with E-state index in [0.717, 1.165) is 43.4 Å². The van der Waals surface area contributed by atoms with E-state index in [0.29, 0.717) is 5.56 Å². The Balaban J connectivity index is 1.46. The Morgan fingerprint density at radius 2 is 1.38 bits per heavy atom. The van der Waals surface area contributed by atoms with E-state index in [9.17, 15) is 8.78 Å². The van der Waals surface area contributed by atoms with E-state index in [2.05, 4.69) is 6.92 Å². The van der Waals surface area contributed by atoms with Gasteiger partial charge >= 0.3 is 0 Å². The fourth-order valence-corrected chi connectivity index (χ4v) is 5.13. The molecule has 0 bridgehead atoms. The number of hydrogen-bond donors (Lipinski definition) is 0. The van der Waals surface area contributed by atoms with Crippen molar-refractivity contribution >= 4 is 0 Å². The molecule has 0 aliphatic heterocycles. The van der Waals surface area contributed by atoms with Gasteiger partial charge in [0.1, 0.15) is 6.07 Å². The van der Waals surface area contributed by atoms with Crippen molar-refractivity contribution in [2.24, 2.45) is 17.8 Å². The van der Waals surface area contributed by atoms with Gasteiger partial charge in [0.2, 0.25) is 0 Å². The van der Waals surface area contributed by atoms with Gasteiger partial charge in [0.05, 0.1) is 5.56 Å². The van der Waals surface area contributed by atoms with Crippen LogP contribution in [0.2, 0.25) is 0 Å². The fourth-order valence-electron chi connectivity index (χ4n) is 5.13. The van der Waals surface area contributed by atoms with Crippen LogP contribution < -0.4 is 0 Å². The third kappa shape index (κ3) is 4.45. The Morgan fingerprint density at radius 3 is 1.92 bits per heavy atom. The van der Waals surface area contributed by atoms with Gasteiger partial charge in [0.25, 0.3) is 0 Å². The second kappa shape index (κ2) is 8.98. The van der Waals surface area contributed by atoms with Gasteiger partial charge in [-0.15, -0.1) is 0 Å². The summed E-state index contributed by atoms with van der Waals surface area (Å²) >= 11 is 0. The molecular formula is C23H31F2N. The number of hydrogen-bond acceptors (Lipinski definition) is 1. The van der Waals surface area contributed by atoms with Gasteiger partial charge in [-0.25, -0.2) is 8.78 Å². The minimum atomic E-state index is -0.977. The third-order valence-electron chi connectivity index (χ3n) is 7.05. The lowest BCUT2D eigenvalue weighted by Crippen LogP contribution is -2.18. The Labute approximate surface area is 156 Å². The van der Waals surface area contributed by atoms with Crippen molar-refractivity contribution in [1.82, 2.24) is 0 Å². The first-order valence-electron chi connectivity index (χ1n) is 10.5. The number of benzene rings is 1. The van der Waals surface area contributed by atoms with Crippen molar-refractivity contribution < 1.29 is 8.78 Å². The lowest BCUT2D eigenvalue weighted by Gasteiger charge is -2.32. The molecule has 1 aromatic rings. The molecule has 3 heteroatoms. The average molecular weight is 360 g/mol. The van der Waals surface area contributed by atoms with Crippen LogP contribution in [0, 0.1) is 40.7 Å². The summed E-state index contributed by atoms with van der Waals surface area (Å²) in [6.07, 6.45) is 13.8. The van der Waals surface area contributed by atoms with Gasteiger partial charge in [-0.05, 0) is 61.0 Å². The Hall–Kier alpha value is -1.43. The summed E-state index contributed by atoms with van der Waals surface area (Å²) in [7, 11) is 0. The average Bonchev–Trinajstić information content (AvgIpc) is 2.69. The number of rotatable bonds is 5. The van der Waals surface area contributed by atoms with Crippen LogP contribution in [0.1, 0.15) is 94.6 Å². The first-order chi connectivity index (χ1) is 12.6. The van der Waals surface area contributed by atoms with E-state index in [1.807, 2.05) is 0 Å². The van der Waals surface area contributed by atoms with E-state index >= 15 is 0 Å². The zero-order chi connectivity index (χ0) is 18.5. The molecule has 2 aliphatic carbocycles. The second-order valence-corrected chi connectivity index (χ2v) is 8.53. The largest absolute Gasteiger partial charge is 0.203 e. The number of nitriles is 1. The predicted octanol–water partition coefficient (Wildman–Crippen LogP) is 7.11. The molecule has 0 amide bonds. The summed E-state index contributed by atoms with van der Waals surface area (Å²) in [5.74, 6) is 0.954. The van der Waals surface area contributed by atoms with Crippen molar-refractivity contribution in [3.63, 3.8) is 0 Å². The van der Waals surface area contributed by atoms with Crippen molar-refractivity contribution in [2.75, 3.05) is 0 Å². The summed E-state index contributed by atoms with van der Waals surface area (Å²) in [4.78, 5) is 0. The van der Waals surface area contributed by atoms with Crippen LogP contribution in [0.5, 0.6) is 0 Å². The smallest absolute Gasteiger partial charge is 0.176 e. The second-order valence-electron chi connectivity index (χ2n) is 8.53. The van der Waals surface area contributed by atoms with Gasteiger partial charge < -0.3 is 0 Å². The van der Waals surface area contributed by atoms with Gasteiger partial charge in [0, 0.05) is 0 Å². The summed E-state index contributed by atoms with van der Waals surface area (Å²) in [5, 5.41) is 8.82. The minimum absolute atomic E-state index is 0.105. The first-order valence-corrected chi connectivity index (χ1v) is 10.5. The van der Waals surface area contributed by atoms with Crippen LogP contribution in [0.15, 0.2) is 12.1 Å². The molecule has 0 spiro atoms. The lowest BCUT2D eigenvalue weighted by molar-refractivity contribution is 0.227. The van der Waals surface area contributed by atoms with E-state index in [4.69, 9.17) is 5.26 Å². The normalized spacial score (nSPS) is 29.3. The van der Waals surface area contributed by atoms with Crippen LogP contribution in [0.4, 0.5) is 8.78 Å². The van der Waals surface area contributed by atoms with E-state index in [1.165, 1.54) is 51.0 Å². The highest BCUT2D eigenvalue weighted by Gasteiger charge is 2.27. The van der Waals surface area contributed by atoms with Crippen LogP contribution >= 0.6 is 0 Å². The fraction of sp³-hybridized carbons (Fsp3) is 0.696. The van der Waals surface area contributed by atoms with Gasteiger partial charge in [0.15, 0.2) is 11.6 Å². The molecule has 26 heavy (non-hydrogen) atoms. The molecule has 0 saturated heterocycles. The molecule has 0 radical (unpaired) electrons. The molecule has 2 aliphatic rings. The highest BCUT2D eigenvalue weighted by molar-refractivity contribution is 5.36. The molecule has 1 nitrogen and oxygen atoms in total. The molecule has 3 rings (SSSR count). The molecule has 2 fully saturated rings. The summed E-state index contributed by atoms with van der Waals surface area (Å²) < 4.78 is 28.1. The first kappa shape index (κ1) is 19.3. The molecule has 0 heterocycles. The molecular weight excluding hydrogens is 328 g/mol. The highest BCUT2D eigenvalue weighted by atomic mass is 19.2. The third-order valence-corrected chi connectivity index (χ3v) is 7.05. The molecule has 0 N–H and O–H groups in total. The molecule has 1 aromatic carbocycles. The summed E-state index contributed by atoms with van der Waals surface area (Å²) in [5.41, 5.74) is 0.274. The molecule has 2 saturated carbocycles. The van der Waals surface area contributed by atoms with Gasteiger partial charge in [-0.1, -0.05) is 57.9 Å². The van der Waals surface area contributed by atoms with Crippen LogP contribution in [0.3, 0.4) is 0 Å². The molecule has 0 aromatic heterocycles. The maximum atomic E-state index is 14.3. The number of nitrogens with zero attached hydrogens (tertiary/aromatic N) is 1. The van der Waals surface area contributed by atoms with Crippen molar-refractivity contribution in [3.05, 3.63) is 34.9 Å². The van der Waals surface area contributed by atoms with E-state index < -0.39 is 11.6 Å². The minimum Gasteiger partial charge on any atom is -0.203 e. The Morgan fingerprint density at radius 1 is 0.846 bits per heavy atom. The van der Waals surface area contributed by atoms with Gasteiger partial charge in [-0.3, -0.25) is 0 Å². The SMILES string of the molecule is CCC1CCC(CCC2CCC(c3ccc(C#N)c(F)c3F)CC2)CC1. The quantitative estimate of drug-likeness (QED) is 0.549. The van der Waals surface area contributed by atoms with Crippen molar-refractivity contribution in [2.45, 2.75) is 83.5 Å². The standard InChI is InChI=1S/C23H31F2N/c1-2-16-3-5-17(6-4-16)7-8-18-9-11-19(12-10-18)21-14-13-20(15-26)22(24)23(21)25/h13-14,16-19H,2-12H2,1H3. The van der Waals surface area contributed by atoms with E-state index in [1.54, 1.807) is 12.1 Å². The van der Waals surface area contributed by atoms with Gasteiger partial charge in [-0.2, -0.15) is 5.26 Å².